The summed E-state index contributed by atoms with van der Waals surface area (Å²) < 4.78 is 4.63. The van der Waals surface area contributed by atoms with E-state index in [1.807, 2.05) is 0 Å². The summed E-state index contributed by atoms with van der Waals surface area (Å²) in [6, 6.07) is 6.34. The number of esters is 1. The second-order valence-electron chi connectivity index (χ2n) is 4.19. The van der Waals surface area contributed by atoms with Crippen LogP contribution in [0.4, 0.5) is 0 Å². The van der Waals surface area contributed by atoms with Gasteiger partial charge < -0.3 is 9.84 Å². The van der Waals surface area contributed by atoms with Gasteiger partial charge in [0.05, 0.1) is 12.2 Å². The topological polar surface area (TPSA) is 63.6 Å². The Labute approximate surface area is 100 Å². The number of hydrogen-bond acceptors (Lipinski definition) is 4. The fourth-order valence-corrected chi connectivity index (χ4v) is 1.36. The van der Waals surface area contributed by atoms with Crippen LogP contribution in [0.3, 0.4) is 0 Å². The minimum absolute atomic E-state index is 0.162. The van der Waals surface area contributed by atoms with Gasteiger partial charge in [0.15, 0.2) is 0 Å². The average Bonchev–Trinajstić information content (AvgIpc) is 2.27. The molecule has 0 fully saturated rings. The predicted molar refractivity (Wildman–Crippen MR) is 62.7 cm³/mol. The molecule has 0 amide bonds. The van der Waals surface area contributed by atoms with Gasteiger partial charge in [-0.15, -0.1) is 0 Å². The molecule has 1 N–H and O–H groups in total. The van der Waals surface area contributed by atoms with Gasteiger partial charge in [0.1, 0.15) is 0 Å². The quantitative estimate of drug-likeness (QED) is 0.490. The molecule has 0 unspecified atom stereocenters. The van der Waals surface area contributed by atoms with Crippen LogP contribution in [0.1, 0.15) is 36.7 Å². The maximum Gasteiger partial charge on any atom is 0.379 e. The molecule has 4 heteroatoms. The van der Waals surface area contributed by atoms with Crippen LogP contribution in [-0.4, -0.2) is 23.5 Å². The lowest BCUT2D eigenvalue weighted by atomic mass is 9.95. The van der Waals surface area contributed by atoms with Crippen LogP contribution in [0.5, 0.6) is 0 Å². The molecular weight excluding hydrogens is 220 g/mol. The normalized spacial score (nSPS) is 11.1. The number of rotatable bonds is 4. The number of hydrogen-bond donors (Lipinski definition) is 1. The highest BCUT2D eigenvalue weighted by Gasteiger charge is 2.21. The fourth-order valence-electron chi connectivity index (χ4n) is 1.36. The van der Waals surface area contributed by atoms with Gasteiger partial charge >= 0.3 is 5.97 Å². The van der Waals surface area contributed by atoms with E-state index in [1.165, 1.54) is 12.1 Å². The summed E-state index contributed by atoms with van der Waals surface area (Å²) in [5.74, 6) is -1.57. The first-order valence-electron chi connectivity index (χ1n) is 5.40. The number of carbonyl (C=O) groups is 2. The molecule has 17 heavy (non-hydrogen) atoms. The lowest BCUT2D eigenvalue weighted by Gasteiger charge is -2.18. The number of aliphatic hydroxyl groups is 1. The third-order valence-corrected chi connectivity index (χ3v) is 2.29. The summed E-state index contributed by atoms with van der Waals surface area (Å²) >= 11 is 0. The summed E-state index contributed by atoms with van der Waals surface area (Å²) in [7, 11) is 0. The summed E-state index contributed by atoms with van der Waals surface area (Å²) in [4.78, 5) is 22.9. The van der Waals surface area contributed by atoms with Crippen LogP contribution in [0.25, 0.3) is 0 Å². The van der Waals surface area contributed by atoms with Crippen molar-refractivity contribution < 1.29 is 19.4 Å². The molecule has 0 saturated heterocycles. The van der Waals surface area contributed by atoms with Gasteiger partial charge in [0, 0.05) is 5.56 Å². The van der Waals surface area contributed by atoms with Crippen LogP contribution >= 0.6 is 0 Å². The molecule has 0 atom stereocenters. The maximum absolute atomic E-state index is 11.7. The molecule has 0 radical (unpaired) electrons. The van der Waals surface area contributed by atoms with Crippen LogP contribution in [0.15, 0.2) is 24.3 Å². The van der Waals surface area contributed by atoms with Crippen molar-refractivity contribution in [1.29, 1.82) is 0 Å². The Morgan fingerprint density at radius 2 is 2.00 bits per heavy atom. The molecule has 0 spiro atoms. The monoisotopic (exact) mass is 236 g/mol. The van der Waals surface area contributed by atoms with E-state index in [-0.39, 0.29) is 12.2 Å². The zero-order chi connectivity index (χ0) is 13.1. The van der Waals surface area contributed by atoms with Gasteiger partial charge in [-0.25, -0.2) is 4.79 Å². The third-order valence-electron chi connectivity index (χ3n) is 2.29. The largest absolute Gasteiger partial charge is 0.460 e. The van der Waals surface area contributed by atoms with E-state index in [9.17, 15) is 14.7 Å². The Kier molecular flexibility index (Phi) is 4.02. The highest BCUT2D eigenvalue weighted by atomic mass is 16.5. The zero-order valence-corrected chi connectivity index (χ0v) is 10.2. The Hall–Kier alpha value is -1.68. The van der Waals surface area contributed by atoms with Crippen molar-refractivity contribution in [3.63, 3.8) is 0 Å². The van der Waals surface area contributed by atoms with Crippen molar-refractivity contribution in [2.75, 3.05) is 6.61 Å². The van der Waals surface area contributed by atoms with Crippen molar-refractivity contribution in [3.8, 4) is 0 Å². The summed E-state index contributed by atoms with van der Waals surface area (Å²) in [6.07, 6.45) is 0. The van der Waals surface area contributed by atoms with E-state index >= 15 is 0 Å². The van der Waals surface area contributed by atoms with E-state index in [4.69, 9.17) is 0 Å². The van der Waals surface area contributed by atoms with Crippen molar-refractivity contribution >= 4 is 11.8 Å². The number of ketones is 1. The molecule has 0 saturated carbocycles. The Morgan fingerprint density at radius 1 is 1.35 bits per heavy atom. The first-order chi connectivity index (χ1) is 7.86. The lowest BCUT2D eigenvalue weighted by molar-refractivity contribution is -0.137. The minimum atomic E-state index is -1.05. The van der Waals surface area contributed by atoms with Gasteiger partial charge in [-0.3, -0.25) is 4.79 Å². The molecular formula is C13H16O4. The Balaban J connectivity index is 3.00. The van der Waals surface area contributed by atoms with Crippen molar-refractivity contribution in [3.05, 3.63) is 35.4 Å². The van der Waals surface area contributed by atoms with Crippen LogP contribution in [0, 0.1) is 0 Å². The second kappa shape index (κ2) is 5.10. The molecule has 0 aromatic heterocycles. The smallest absolute Gasteiger partial charge is 0.379 e. The maximum atomic E-state index is 11.7. The van der Waals surface area contributed by atoms with Gasteiger partial charge in [-0.05, 0) is 32.4 Å². The van der Waals surface area contributed by atoms with Crippen LogP contribution < -0.4 is 0 Å². The third kappa shape index (κ3) is 3.39. The van der Waals surface area contributed by atoms with Crippen LogP contribution in [-0.2, 0) is 15.1 Å². The summed E-state index contributed by atoms with van der Waals surface area (Å²) in [6.45, 7) is 5.02. The number of Topliss-reactive ketones (excluding diaryl/α,β-unsaturated/α-hetero) is 1. The summed E-state index contributed by atoms with van der Waals surface area (Å²) in [5, 5.41) is 9.81. The van der Waals surface area contributed by atoms with Crippen molar-refractivity contribution in [2.45, 2.75) is 26.4 Å². The first-order valence-corrected chi connectivity index (χ1v) is 5.40. The molecule has 1 aromatic rings. The van der Waals surface area contributed by atoms with Crippen molar-refractivity contribution in [1.82, 2.24) is 0 Å². The van der Waals surface area contributed by atoms with Crippen molar-refractivity contribution in [2.24, 2.45) is 0 Å². The fraction of sp³-hybridized carbons (Fsp3) is 0.385. The molecule has 0 aliphatic carbocycles. The van der Waals surface area contributed by atoms with E-state index in [2.05, 4.69) is 4.74 Å². The molecule has 4 nitrogen and oxygen atoms in total. The number of ether oxygens (including phenoxy) is 1. The molecule has 92 valence electrons. The zero-order valence-electron chi connectivity index (χ0n) is 10.2. The molecule has 0 aliphatic heterocycles. The highest BCUT2D eigenvalue weighted by Crippen LogP contribution is 2.20. The first kappa shape index (κ1) is 13.4. The minimum Gasteiger partial charge on any atom is -0.460 e. The van der Waals surface area contributed by atoms with E-state index in [1.54, 1.807) is 32.9 Å². The van der Waals surface area contributed by atoms with E-state index in [0.29, 0.717) is 5.56 Å². The average molecular weight is 236 g/mol. The van der Waals surface area contributed by atoms with E-state index < -0.39 is 17.4 Å². The Bertz CT molecular complexity index is 429. The molecule has 1 rings (SSSR count). The molecule has 0 aliphatic rings. The Morgan fingerprint density at radius 3 is 2.53 bits per heavy atom. The standard InChI is InChI=1S/C13H16O4/c1-4-17-12(15)11(14)9-6-5-7-10(8-9)13(2,3)16/h5-8,16H,4H2,1-3H3. The van der Waals surface area contributed by atoms with Gasteiger partial charge in [0.2, 0.25) is 0 Å². The highest BCUT2D eigenvalue weighted by molar-refractivity contribution is 6.40. The summed E-state index contributed by atoms with van der Waals surface area (Å²) in [5.41, 5.74) is -0.249. The van der Waals surface area contributed by atoms with E-state index in [0.717, 1.165) is 0 Å². The lowest BCUT2D eigenvalue weighted by Crippen LogP contribution is -2.20. The number of benzene rings is 1. The number of carbonyl (C=O) groups excluding carboxylic acids is 2. The predicted octanol–water partition coefficient (Wildman–Crippen LogP) is 1.66. The molecule has 0 heterocycles. The SMILES string of the molecule is CCOC(=O)C(=O)c1cccc(C(C)(C)O)c1. The molecule has 0 bridgehead atoms. The second-order valence-corrected chi connectivity index (χ2v) is 4.19. The molecule has 1 aromatic carbocycles. The van der Waals surface area contributed by atoms with Crippen LogP contribution in [0.2, 0.25) is 0 Å². The van der Waals surface area contributed by atoms with Gasteiger partial charge in [-0.2, -0.15) is 0 Å². The van der Waals surface area contributed by atoms with Gasteiger partial charge in [0.25, 0.3) is 5.78 Å². The van der Waals surface area contributed by atoms with Gasteiger partial charge in [-0.1, -0.05) is 18.2 Å².